The highest BCUT2D eigenvalue weighted by molar-refractivity contribution is 5.49. The van der Waals surface area contributed by atoms with Crippen LogP contribution in [0.4, 0.5) is 0 Å². The van der Waals surface area contributed by atoms with Crippen LogP contribution in [0.1, 0.15) is 11.3 Å². The largest absolute Gasteiger partial charge is 0.497 e. The monoisotopic (exact) mass is 355 g/mol. The minimum Gasteiger partial charge on any atom is -0.497 e. The van der Waals surface area contributed by atoms with Crippen molar-refractivity contribution in [1.29, 1.82) is 0 Å². The van der Waals surface area contributed by atoms with Gasteiger partial charge >= 0.3 is 0 Å². The van der Waals surface area contributed by atoms with Gasteiger partial charge in [-0.3, -0.25) is 0 Å². The van der Waals surface area contributed by atoms with E-state index in [1.54, 1.807) is 23.2 Å². The molecule has 6 nitrogen and oxygen atoms in total. The molecule has 136 valence electrons. The second-order valence-corrected chi connectivity index (χ2v) is 6.86. The number of methoxy groups -OCH3 is 1. The van der Waals surface area contributed by atoms with Crippen LogP contribution in [0.5, 0.6) is 5.75 Å². The molecule has 1 aliphatic rings. The third-order valence-electron chi connectivity index (χ3n) is 5.03. The van der Waals surface area contributed by atoms with Gasteiger partial charge in [0.05, 0.1) is 13.4 Å². The maximum atomic E-state index is 5.40. The fourth-order valence-electron chi connectivity index (χ4n) is 3.53. The van der Waals surface area contributed by atoms with E-state index in [-0.39, 0.29) is 0 Å². The van der Waals surface area contributed by atoms with Crippen LogP contribution in [0.25, 0.3) is 11.5 Å². The topological polar surface area (TPSA) is 57.3 Å². The van der Waals surface area contributed by atoms with Gasteiger partial charge in [-0.15, -0.1) is 0 Å². The van der Waals surface area contributed by atoms with Crippen LogP contribution in [0.3, 0.4) is 0 Å². The molecule has 0 bridgehead atoms. The van der Waals surface area contributed by atoms with E-state index in [1.165, 1.54) is 18.7 Å². The lowest BCUT2D eigenvalue weighted by Crippen LogP contribution is -3.27. The molecule has 1 aromatic carbocycles. The summed E-state index contributed by atoms with van der Waals surface area (Å²) in [5.74, 6) is 2.35. The number of piperazine rings is 1. The molecule has 26 heavy (non-hydrogen) atoms. The highest BCUT2D eigenvalue weighted by Crippen LogP contribution is 2.20. The number of nitrogens with one attached hydrogen (secondary N) is 2. The second-order valence-electron chi connectivity index (χ2n) is 6.86. The predicted octanol–water partition coefficient (Wildman–Crippen LogP) is 0.427. The first-order chi connectivity index (χ1) is 12.8. The van der Waals surface area contributed by atoms with E-state index in [0.717, 1.165) is 43.4 Å². The number of benzene rings is 1. The number of nitrogens with zero attached hydrogens (tertiary/aromatic N) is 1. The summed E-state index contributed by atoms with van der Waals surface area (Å²) < 4.78 is 16.0. The van der Waals surface area contributed by atoms with Gasteiger partial charge in [0.15, 0.2) is 5.76 Å². The lowest BCUT2D eigenvalue weighted by molar-refractivity contribution is -1.02. The zero-order chi connectivity index (χ0) is 17.8. The Morgan fingerprint density at radius 3 is 2.35 bits per heavy atom. The Morgan fingerprint density at radius 2 is 1.69 bits per heavy atom. The van der Waals surface area contributed by atoms with E-state index in [1.807, 2.05) is 30.3 Å². The zero-order valence-electron chi connectivity index (χ0n) is 15.0. The molecule has 3 aromatic rings. The molecule has 0 atom stereocenters. The molecule has 0 amide bonds. The molecule has 2 aromatic heterocycles. The minimum absolute atomic E-state index is 0.702. The number of hydrogen-bond donors (Lipinski definition) is 2. The summed E-state index contributed by atoms with van der Waals surface area (Å²) in [6.07, 6.45) is 1.65. The molecule has 0 spiro atoms. The number of ether oxygens (including phenoxy) is 1. The predicted molar refractivity (Wildman–Crippen MR) is 96.0 cm³/mol. The van der Waals surface area contributed by atoms with Crippen LogP contribution < -0.4 is 14.5 Å². The smallest absolute Gasteiger partial charge is 0.202 e. The van der Waals surface area contributed by atoms with Gasteiger partial charge in [-0.05, 0) is 36.4 Å². The van der Waals surface area contributed by atoms with E-state index in [4.69, 9.17) is 13.7 Å². The van der Waals surface area contributed by atoms with Gasteiger partial charge in [0, 0.05) is 11.6 Å². The number of aromatic nitrogens is 1. The van der Waals surface area contributed by atoms with Crippen molar-refractivity contribution in [1.82, 2.24) is 5.16 Å². The minimum atomic E-state index is 0.702. The highest BCUT2D eigenvalue weighted by atomic mass is 16.5. The molecule has 4 rings (SSSR count). The van der Waals surface area contributed by atoms with E-state index in [2.05, 4.69) is 17.3 Å². The molecule has 6 heteroatoms. The molecular formula is C20H25N3O3+2. The Balaban J connectivity index is 1.27. The second kappa shape index (κ2) is 7.76. The van der Waals surface area contributed by atoms with Crippen molar-refractivity contribution >= 4 is 0 Å². The molecule has 0 unspecified atom stereocenters. The summed E-state index contributed by atoms with van der Waals surface area (Å²) in [6, 6.07) is 14.1. The van der Waals surface area contributed by atoms with Crippen LogP contribution in [0, 0.1) is 0 Å². The number of hydrogen-bond acceptors (Lipinski definition) is 4. The summed E-state index contributed by atoms with van der Waals surface area (Å²) in [6.45, 7) is 6.61. The van der Waals surface area contributed by atoms with Gasteiger partial charge < -0.3 is 23.5 Å². The lowest BCUT2D eigenvalue weighted by atomic mass is 10.2. The first-order valence-corrected chi connectivity index (χ1v) is 9.09. The number of furan rings is 1. The average molecular weight is 355 g/mol. The first-order valence-electron chi connectivity index (χ1n) is 9.09. The van der Waals surface area contributed by atoms with E-state index in [0.29, 0.717) is 5.76 Å². The van der Waals surface area contributed by atoms with Crippen molar-refractivity contribution in [2.24, 2.45) is 0 Å². The molecule has 0 saturated carbocycles. The molecule has 2 N–H and O–H groups in total. The number of rotatable bonds is 6. The third kappa shape index (κ3) is 3.98. The van der Waals surface area contributed by atoms with Gasteiger partial charge in [0.1, 0.15) is 50.7 Å². The maximum Gasteiger partial charge on any atom is 0.202 e. The molecule has 1 saturated heterocycles. The van der Waals surface area contributed by atoms with Gasteiger partial charge in [0.2, 0.25) is 5.76 Å². The van der Waals surface area contributed by atoms with Crippen molar-refractivity contribution in [2.75, 3.05) is 33.3 Å². The molecule has 1 aliphatic heterocycles. The van der Waals surface area contributed by atoms with Gasteiger partial charge in [-0.25, -0.2) is 0 Å². The first kappa shape index (κ1) is 16.9. The fraction of sp³-hybridized carbons (Fsp3) is 0.350. The van der Waals surface area contributed by atoms with E-state index < -0.39 is 0 Å². The lowest BCUT2D eigenvalue weighted by Gasteiger charge is -2.29. The Hall–Kier alpha value is -2.57. The molecule has 3 heterocycles. The van der Waals surface area contributed by atoms with Crippen molar-refractivity contribution in [3.05, 3.63) is 60.0 Å². The van der Waals surface area contributed by atoms with Gasteiger partial charge in [-0.1, -0.05) is 5.16 Å². The summed E-state index contributed by atoms with van der Waals surface area (Å²) in [5.41, 5.74) is 2.36. The summed E-state index contributed by atoms with van der Waals surface area (Å²) in [4.78, 5) is 3.19. The summed E-state index contributed by atoms with van der Waals surface area (Å²) in [5, 5.41) is 4.19. The molecule has 0 radical (unpaired) electrons. The van der Waals surface area contributed by atoms with Crippen molar-refractivity contribution in [3.8, 4) is 17.3 Å². The van der Waals surface area contributed by atoms with E-state index >= 15 is 0 Å². The zero-order valence-corrected chi connectivity index (χ0v) is 15.0. The third-order valence-corrected chi connectivity index (χ3v) is 5.03. The Labute approximate surface area is 152 Å². The average Bonchev–Trinajstić information content (AvgIpc) is 3.36. The summed E-state index contributed by atoms with van der Waals surface area (Å²) in [7, 11) is 1.70. The van der Waals surface area contributed by atoms with Crippen LogP contribution in [-0.4, -0.2) is 38.4 Å². The SMILES string of the molecule is COc1ccc(C[NH+]2CC[NH+](Cc3cc(-c4ccco4)on3)CC2)cc1. The standard InChI is InChI=1S/C20H23N3O3/c1-24-18-6-4-16(5-7-18)14-22-8-10-23(11-9-22)15-17-13-20(26-21-17)19-3-2-12-25-19/h2-7,12-13H,8-11,14-15H2,1H3/p+2. The maximum absolute atomic E-state index is 5.40. The van der Waals surface area contributed by atoms with Crippen LogP contribution in [0.2, 0.25) is 0 Å². The van der Waals surface area contributed by atoms with E-state index in [9.17, 15) is 0 Å². The normalized spacial score (nSPS) is 20.2. The van der Waals surface area contributed by atoms with Crippen LogP contribution >= 0.6 is 0 Å². The van der Waals surface area contributed by atoms with Crippen molar-refractivity contribution < 1.29 is 23.5 Å². The van der Waals surface area contributed by atoms with Crippen LogP contribution in [-0.2, 0) is 13.1 Å². The molecule has 1 fully saturated rings. The van der Waals surface area contributed by atoms with Gasteiger partial charge in [-0.2, -0.15) is 0 Å². The number of quaternary nitrogens is 2. The summed E-state index contributed by atoms with van der Waals surface area (Å²) >= 11 is 0. The quantitative estimate of drug-likeness (QED) is 0.673. The molecule has 0 aliphatic carbocycles. The van der Waals surface area contributed by atoms with Crippen LogP contribution in [0.15, 0.2) is 57.7 Å². The Kier molecular flexibility index (Phi) is 5.04. The van der Waals surface area contributed by atoms with Crippen molar-refractivity contribution in [3.63, 3.8) is 0 Å². The molecular weight excluding hydrogens is 330 g/mol. The highest BCUT2D eigenvalue weighted by Gasteiger charge is 2.24. The van der Waals surface area contributed by atoms with Crippen molar-refractivity contribution in [2.45, 2.75) is 13.1 Å². The Morgan fingerprint density at radius 1 is 0.962 bits per heavy atom. The van der Waals surface area contributed by atoms with Gasteiger partial charge in [0.25, 0.3) is 0 Å². The fourth-order valence-corrected chi connectivity index (χ4v) is 3.53. The Bertz CT molecular complexity index is 803.